The van der Waals surface area contributed by atoms with Crippen LogP contribution in [0.25, 0.3) is 0 Å². The van der Waals surface area contributed by atoms with Gasteiger partial charge < -0.3 is 25.0 Å². The predicted octanol–water partition coefficient (Wildman–Crippen LogP) is 2.82. The van der Waals surface area contributed by atoms with Gasteiger partial charge in [0, 0.05) is 23.1 Å². The van der Waals surface area contributed by atoms with Crippen molar-refractivity contribution in [1.82, 2.24) is 9.55 Å². The monoisotopic (exact) mass is 549 g/mol. The summed E-state index contributed by atoms with van der Waals surface area (Å²) in [5.41, 5.74) is -1.57. The molecule has 0 unspecified atom stereocenters. The summed E-state index contributed by atoms with van der Waals surface area (Å²) in [5.74, 6) is -4.65. The SMILES string of the molecule is C[C@@]1(CC(=O)O)[C@H](COC(=O)c2ccccc2)O[C@@H](n2ccc(NC(=O)c3ccccc3)nc2=O)[C@@H]1CC(=O)O. The number of rotatable bonds is 10. The van der Waals surface area contributed by atoms with Crippen LogP contribution in [0.15, 0.2) is 77.7 Å². The van der Waals surface area contributed by atoms with Gasteiger partial charge in [-0.3, -0.25) is 19.0 Å². The number of nitrogens with one attached hydrogen (secondary N) is 1. The van der Waals surface area contributed by atoms with Crippen molar-refractivity contribution >= 4 is 29.6 Å². The average Bonchev–Trinajstić information content (AvgIpc) is 3.17. The van der Waals surface area contributed by atoms with Gasteiger partial charge in [-0.25, -0.2) is 9.59 Å². The Labute approximate surface area is 228 Å². The van der Waals surface area contributed by atoms with Gasteiger partial charge in [0.15, 0.2) is 0 Å². The first-order valence-electron chi connectivity index (χ1n) is 12.4. The minimum absolute atomic E-state index is 0.0375. The topological polar surface area (TPSA) is 174 Å². The van der Waals surface area contributed by atoms with Gasteiger partial charge in [-0.2, -0.15) is 4.98 Å². The fraction of sp³-hybridized carbons (Fsp3) is 0.286. The zero-order valence-corrected chi connectivity index (χ0v) is 21.4. The van der Waals surface area contributed by atoms with Crippen molar-refractivity contribution < 1.29 is 38.9 Å². The zero-order chi connectivity index (χ0) is 28.9. The van der Waals surface area contributed by atoms with Crippen LogP contribution in [0.4, 0.5) is 5.82 Å². The summed E-state index contributed by atoms with van der Waals surface area (Å²) < 4.78 is 12.5. The number of ether oxygens (including phenoxy) is 2. The number of anilines is 1. The van der Waals surface area contributed by atoms with Crippen LogP contribution in [0.5, 0.6) is 0 Å². The molecule has 4 rings (SSSR count). The minimum Gasteiger partial charge on any atom is -0.481 e. The predicted molar refractivity (Wildman–Crippen MR) is 140 cm³/mol. The molecule has 2 aromatic carbocycles. The third-order valence-corrected chi connectivity index (χ3v) is 6.91. The lowest BCUT2D eigenvalue weighted by molar-refractivity contribution is -0.144. The standard InChI is InChI=1S/C28H27N3O9/c1-28(15-23(34)35)19(14-22(32)33)25(40-20(28)16-39-26(37)18-10-6-3-7-11-18)31-13-12-21(30-27(31)38)29-24(36)17-8-4-2-5-9-17/h2-13,19-20,25H,14-16H2,1H3,(H,32,33)(H,34,35)(H,29,30,36,38)/t19-,20-,25+,28-/m0/s1. The molecular formula is C28H27N3O9. The Morgan fingerprint density at radius 3 is 2.17 bits per heavy atom. The van der Waals surface area contributed by atoms with E-state index in [0.29, 0.717) is 5.56 Å². The van der Waals surface area contributed by atoms with Gasteiger partial charge in [-0.15, -0.1) is 0 Å². The second kappa shape index (κ2) is 11.9. The highest BCUT2D eigenvalue weighted by molar-refractivity contribution is 6.03. The van der Waals surface area contributed by atoms with E-state index in [0.717, 1.165) is 4.57 Å². The molecule has 1 fully saturated rings. The van der Waals surface area contributed by atoms with Gasteiger partial charge >= 0.3 is 23.6 Å². The van der Waals surface area contributed by atoms with Crippen LogP contribution >= 0.6 is 0 Å². The van der Waals surface area contributed by atoms with Crippen LogP contribution in [0.1, 0.15) is 46.7 Å². The number of carboxylic acids is 2. The number of aliphatic carboxylic acids is 2. The van der Waals surface area contributed by atoms with E-state index in [2.05, 4.69) is 10.3 Å². The molecule has 1 aliphatic rings. The molecule has 1 aromatic heterocycles. The summed E-state index contributed by atoms with van der Waals surface area (Å²) in [6.07, 6.45) is -2.05. The number of carbonyl (C=O) groups excluding carboxylic acids is 2. The molecule has 4 atom stereocenters. The van der Waals surface area contributed by atoms with Crippen molar-refractivity contribution in [3.8, 4) is 0 Å². The van der Waals surface area contributed by atoms with Gasteiger partial charge in [0.05, 0.1) is 18.4 Å². The Balaban J connectivity index is 1.61. The van der Waals surface area contributed by atoms with Gasteiger partial charge in [0.25, 0.3) is 5.91 Å². The summed E-state index contributed by atoms with van der Waals surface area (Å²) in [4.78, 5) is 65.6. The Kier molecular flexibility index (Phi) is 8.39. The highest BCUT2D eigenvalue weighted by Crippen LogP contribution is 2.52. The molecule has 40 heavy (non-hydrogen) atoms. The molecular weight excluding hydrogens is 522 g/mol. The number of nitrogens with zero attached hydrogens (tertiary/aromatic N) is 2. The van der Waals surface area contributed by atoms with E-state index in [9.17, 15) is 34.2 Å². The number of hydrogen-bond acceptors (Lipinski definition) is 8. The van der Waals surface area contributed by atoms with Gasteiger partial charge in [-0.05, 0) is 30.3 Å². The third-order valence-electron chi connectivity index (χ3n) is 6.91. The van der Waals surface area contributed by atoms with Crippen LogP contribution in [-0.4, -0.2) is 56.3 Å². The molecule has 208 valence electrons. The molecule has 1 aliphatic heterocycles. The number of carbonyl (C=O) groups is 4. The summed E-state index contributed by atoms with van der Waals surface area (Å²) in [7, 11) is 0. The van der Waals surface area contributed by atoms with E-state index in [1.165, 1.54) is 19.2 Å². The quantitative estimate of drug-likeness (QED) is 0.319. The minimum atomic E-state index is -1.34. The Morgan fingerprint density at radius 1 is 0.975 bits per heavy atom. The summed E-state index contributed by atoms with van der Waals surface area (Å²) in [5, 5.41) is 21.8. The van der Waals surface area contributed by atoms with E-state index >= 15 is 0 Å². The maximum absolute atomic E-state index is 13.0. The maximum Gasteiger partial charge on any atom is 0.351 e. The molecule has 0 bridgehead atoms. The lowest BCUT2D eigenvalue weighted by Gasteiger charge is -2.33. The molecule has 2 heterocycles. The summed E-state index contributed by atoms with van der Waals surface area (Å²) in [6, 6.07) is 17.8. The Hall–Kier alpha value is -4.84. The smallest absolute Gasteiger partial charge is 0.351 e. The van der Waals surface area contributed by atoms with Crippen molar-refractivity contribution in [2.75, 3.05) is 11.9 Å². The molecule has 12 heteroatoms. The molecule has 0 radical (unpaired) electrons. The Bertz CT molecular complexity index is 1460. The largest absolute Gasteiger partial charge is 0.481 e. The first-order valence-corrected chi connectivity index (χ1v) is 12.4. The molecule has 0 aliphatic carbocycles. The van der Waals surface area contributed by atoms with Gasteiger partial charge in [0.2, 0.25) is 0 Å². The molecule has 12 nitrogen and oxygen atoms in total. The van der Waals surface area contributed by atoms with Crippen molar-refractivity contribution in [2.45, 2.75) is 32.1 Å². The third kappa shape index (κ3) is 6.24. The first-order chi connectivity index (χ1) is 19.1. The fourth-order valence-electron chi connectivity index (χ4n) is 4.83. The molecule has 0 saturated carbocycles. The first kappa shape index (κ1) is 28.2. The second-order valence-electron chi connectivity index (χ2n) is 9.58. The second-order valence-corrected chi connectivity index (χ2v) is 9.58. The van der Waals surface area contributed by atoms with E-state index in [1.54, 1.807) is 60.7 Å². The molecule has 0 spiro atoms. The fourth-order valence-corrected chi connectivity index (χ4v) is 4.83. The highest BCUT2D eigenvalue weighted by Gasteiger charge is 2.56. The molecule has 1 saturated heterocycles. The van der Waals surface area contributed by atoms with Crippen LogP contribution in [0.2, 0.25) is 0 Å². The molecule has 3 aromatic rings. The van der Waals surface area contributed by atoms with Crippen molar-refractivity contribution in [3.63, 3.8) is 0 Å². The van der Waals surface area contributed by atoms with E-state index in [1.807, 2.05) is 0 Å². The molecule has 3 N–H and O–H groups in total. The number of carboxylic acid groups (broad SMARTS) is 2. The lowest BCUT2D eigenvalue weighted by atomic mass is 9.70. The van der Waals surface area contributed by atoms with Crippen LogP contribution in [0.3, 0.4) is 0 Å². The van der Waals surface area contributed by atoms with Crippen LogP contribution < -0.4 is 11.0 Å². The van der Waals surface area contributed by atoms with Crippen molar-refractivity contribution in [2.24, 2.45) is 11.3 Å². The van der Waals surface area contributed by atoms with E-state index < -0.39 is 66.0 Å². The lowest BCUT2D eigenvalue weighted by Crippen LogP contribution is -2.40. The summed E-state index contributed by atoms with van der Waals surface area (Å²) in [6.45, 7) is 1.15. The Morgan fingerprint density at radius 2 is 1.60 bits per heavy atom. The van der Waals surface area contributed by atoms with Crippen LogP contribution in [-0.2, 0) is 19.1 Å². The highest BCUT2D eigenvalue weighted by atomic mass is 16.6. The van der Waals surface area contributed by atoms with E-state index in [4.69, 9.17) is 9.47 Å². The number of aromatic nitrogens is 2. The summed E-state index contributed by atoms with van der Waals surface area (Å²) >= 11 is 0. The van der Waals surface area contributed by atoms with Gasteiger partial charge in [0.1, 0.15) is 24.8 Å². The number of hydrogen-bond donors (Lipinski definition) is 3. The van der Waals surface area contributed by atoms with Gasteiger partial charge in [-0.1, -0.05) is 43.3 Å². The van der Waals surface area contributed by atoms with E-state index in [-0.39, 0.29) is 18.0 Å². The normalized spacial score (nSPS) is 21.9. The number of amides is 1. The zero-order valence-electron chi connectivity index (χ0n) is 21.4. The number of benzene rings is 2. The molecule has 1 amide bonds. The average molecular weight is 550 g/mol. The number of esters is 1. The van der Waals surface area contributed by atoms with Crippen LogP contribution in [0, 0.1) is 11.3 Å². The van der Waals surface area contributed by atoms with Crippen molar-refractivity contribution in [1.29, 1.82) is 0 Å². The van der Waals surface area contributed by atoms with Crippen molar-refractivity contribution in [3.05, 3.63) is 94.5 Å². The maximum atomic E-state index is 13.0.